The first-order valence-corrected chi connectivity index (χ1v) is 13.3. The van der Waals surface area contributed by atoms with Crippen LogP contribution in [0.5, 0.6) is 0 Å². The highest BCUT2D eigenvalue weighted by molar-refractivity contribution is 5.88. The van der Waals surface area contributed by atoms with Crippen LogP contribution in [0.3, 0.4) is 0 Å². The maximum atomic E-state index is 13.1. The fraction of sp³-hybridized carbons (Fsp3) is 0.920. The third kappa shape index (κ3) is 4.45. The lowest BCUT2D eigenvalue weighted by Crippen LogP contribution is -2.54. The van der Waals surface area contributed by atoms with E-state index in [0.717, 1.165) is 37.4 Å². The Morgan fingerprint density at radius 1 is 0.938 bits per heavy atom. The first-order valence-electron chi connectivity index (χ1n) is 13.3. The first-order chi connectivity index (χ1) is 15.5. The Morgan fingerprint density at radius 2 is 1.59 bits per heavy atom. The van der Waals surface area contributed by atoms with Crippen molar-refractivity contribution in [2.75, 3.05) is 39.4 Å². The minimum Gasteiger partial charge on any atom is -0.380 e. The van der Waals surface area contributed by atoms with E-state index in [1.165, 1.54) is 45.1 Å². The van der Waals surface area contributed by atoms with Crippen molar-refractivity contribution in [2.24, 2.45) is 17.8 Å². The zero-order chi connectivity index (χ0) is 22.3. The zero-order valence-corrected chi connectivity index (χ0v) is 19.8. The molecule has 5 rings (SSSR count). The minimum atomic E-state index is -1.09. The van der Waals surface area contributed by atoms with Gasteiger partial charge >= 0.3 is 0 Å². The van der Waals surface area contributed by atoms with Gasteiger partial charge in [0, 0.05) is 50.8 Å². The van der Waals surface area contributed by atoms with E-state index in [4.69, 9.17) is 0 Å². The molecule has 5 aliphatic rings. The van der Waals surface area contributed by atoms with Crippen LogP contribution in [0, 0.1) is 17.8 Å². The number of amides is 2. The van der Waals surface area contributed by atoms with E-state index >= 15 is 0 Å². The molecule has 2 heterocycles. The summed E-state index contributed by atoms with van der Waals surface area (Å²) in [6.45, 7) is 6.92. The smallest absolute Gasteiger partial charge is 0.254 e. The second-order valence-electron chi connectivity index (χ2n) is 11.2. The van der Waals surface area contributed by atoms with Crippen LogP contribution in [0.2, 0.25) is 0 Å². The molecule has 5 fully saturated rings. The summed E-state index contributed by atoms with van der Waals surface area (Å²) in [7, 11) is 0. The normalized spacial score (nSPS) is 37.2. The second kappa shape index (κ2) is 9.22. The molecule has 2 saturated heterocycles. The molecule has 3 unspecified atom stereocenters. The highest BCUT2D eigenvalue weighted by Gasteiger charge is 2.50. The van der Waals surface area contributed by atoms with E-state index in [1.54, 1.807) is 4.90 Å². The van der Waals surface area contributed by atoms with Crippen LogP contribution in [0.1, 0.15) is 71.1 Å². The zero-order valence-electron chi connectivity index (χ0n) is 19.8. The van der Waals surface area contributed by atoms with Gasteiger partial charge in [-0.1, -0.05) is 6.92 Å². The van der Waals surface area contributed by atoms with Gasteiger partial charge < -0.3 is 14.9 Å². The average Bonchev–Trinajstić information content (AvgIpc) is 3.47. The molecule has 2 aliphatic heterocycles. The predicted molar refractivity (Wildman–Crippen MR) is 123 cm³/mol. The highest BCUT2D eigenvalue weighted by atomic mass is 16.3. The molecule has 2 amide bonds. The molecule has 3 atom stereocenters. The third-order valence-electron chi connectivity index (χ3n) is 9.18. The van der Waals surface area contributed by atoms with E-state index in [0.29, 0.717) is 51.0 Å². The van der Waals surface area contributed by atoms with Gasteiger partial charge in [-0.05, 0) is 82.6 Å². The number of nitrogens with one attached hydrogen (secondary N) is 1. The molecule has 3 aliphatic carbocycles. The molecule has 3 saturated carbocycles. The summed E-state index contributed by atoms with van der Waals surface area (Å²) in [4.78, 5) is 31.8. The number of carbonyl (C=O) groups excluding carboxylic acids is 2. The summed E-state index contributed by atoms with van der Waals surface area (Å²) in [5.41, 5.74) is -1.09. The molecule has 180 valence electrons. The number of rotatable bonds is 5. The predicted octanol–water partition coefficient (Wildman–Crippen LogP) is 1.80. The van der Waals surface area contributed by atoms with Gasteiger partial charge in [-0.3, -0.25) is 19.8 Å². The van der Waals surface area contributed by atoms with Gasteiger partial charge in [0.25, 0.3) is 5.91 Å². The van der Waals surface area contributed by atoms with E-state index in [1.807, 2.05) is 4.90 Å². The molecule has 7 heteroatoms. The van der Waals surface area contributed by atoms with Gasteiger partial charge in [0.15, 0.2) is 0 Å². The lowest BCUT2D eigenvalue weighted by Gasteiger charge is -2.42. The number of aliphatic hydroxyl groups is 1. The molecule has 0 aromatic heterocycles. The van der Waals surface area contributed by atoms with Crippen LogP contribution in [0.25, 0.3) is 0 Å². The minimum absolute atomic E-state index is 0.130. The van der Waals surface area contributed by atoms with Gasteiger partial charge in [0.1, 0.15) is 5.60 Å². The van der Waals surface area contributed by atoms with Gasteiger partial charge in [-0.2, -0.15) is 0 Å². The van der Waals surface area contributed by atoms with Crippen molar-refractivity contribution < 1.29 is 14.7 Å². The highest BCUT2D eigenvalue weighted by Crippen LogP contribution is 2.42. The lowest BCUT2D eigenvalue weighted by atomic mass is 9.69. The number of hydrogen-bond acceptors (Lipinski definition) is 5. The van der Waals surface area contributed by atoms with Gasteiger partial charge in [0.2, 0.25) is 5.91 Å². The number of fused-ring (bicyclic) bond motifs is 1. The van der Waals surface area contributed by atoms with Crippen LogP contribution in [-0.2, 0) is 9.59 Å². The number of carbonyl (C=O) groups is 2. The standard InChI is InChI=1S/C25H42N4O3/c1-2-11-29-17-26-21-16-20(7-8-22(21)29)18-3-5-19(6-4-18)23(30)27-12-14-28(15-13-27)24(31)25(32)9-10-25/h18-22,26,32H,2-17H2,1H3. The van der Waals surface area contributed by atoms with Crippen molar-refractivity contribution in [3.8, 4) is 0 Å². The Balaban J connectivity index is 1.06. The second-order valence-corrected chi connectivity index (χ2v) is 11.2. The maximum Gasteiger partial charge on any atom is 0.254 e. The number of nitrogens with zero attached hydrogens (tertiary/aromatic N) is 3. The van der Waals surface area contributed by atoms with Crippen LogP contribution in [-0.4, -0.2) is 88.7 Å². The quantitative estimate of drug-likeness (QED) is 0.674. The molecule has 32 heavy (non-hydrogen) atoms. The molecule has 0 spiro atoms. The number of piperazine rings is 1. The van der Waals surface area contributed by atoms with Crippen molar-refractivity contribution in [1.29, 1.82) is 0 Å². The molecule has 0 radical (unpaired) electrons. The molecule has 0 bridgehead atoms. The first kappa shape index (κ1) is 22.6. The largest absolute Gasteiger partial charge is 0.380 e. The molecular weight excluding hydrogens is 404 g/mol. The van der Waals surface area contributed by atoms with E-state index < -0.39 is 5.60 Å². The topological polar surface area (TPSA) is 76.1 Å². The van der Waals surface area contributed by atoms with Crippen molar-refractivity contribution in [1.82, 2.24) is 20.0 Å². The fourth-order valence-electron chi connectivity index (χ4n) is 7.01. The molecule has 7 nitrogen and oxygen atoms in total. The third-order valence-corrected chi connectivity index (χ3v) is 9.18. The number of hydrogen-bond donors (Lipinski definition) is 2. The summed E-state index contributed by atoms with van der Waals surface area (Å²) in [6, 6.07) is 1.42. The Morgan fingerprint density at radius 3 is 2.25 bits per heavy atom. The van der Waals surface area contributed by atoms with Gasteiger partial charge in [-0.15, -0.1) is 0 Å². The summed E-state index contributed by atoms with van der Waals surface area (Å²) in [5.74, 6) is 1.95. The molecule has 2 N–H and O–H groups in total. The maximum absolute atomic E-state index is 13.1. The Labute approximate surface area is 192 Å². The van der Waals surface area contributed by atoms with Gasteiger partial charge in [-0.25, -0.2) is 0 Å². The average molecular weight is 447 g/mol. The van der Waals surface area contributed by atoms with Crippen molar-refractivity contribution in [3.63, 3.8) is 0 Å². The summed E-state index contributed by atoms with van der Waals surface area (Å²) in [6.07, 6.45) is 10.9. The van der Waals surface area contributed by atoms with Crippen LogP contribution in [0.15, 0.2) is 0 Å². The van der Waals surface area contributed by atoms with Crippen molar-refractivity contribution in [3.05, 3.63) is 0 Å². The van der Waals surface area contributed by atoms with Crippen LogP contribution >= 0.6 is 0 Å². The van der Waals surface area contributed by atoms with E-state index in [9.17, 15) is 14.7 Å². The molecule has 0 aromatic rings. The van der Waals surface area contributed by atoms with E-state index in [-0.39, 0.29) is 11.8 Å². The summed E-state index contributed by atoms with van der Waals surface area (Å²) < 4.78 is 0. The summed E-state index contributed by atoms with van der Waals surface area (Å²) >= 11 is 0. The fourth-order valence-corrected chi connectivity index (χ4v) is 7.01. The van der Waals surface area contributed by atoms with Crippen molar-refractivity contribution >= 4 is 11.8 Å². The van der Waals surface area contributed by atoms with Gasteiger partial charge in [0.05, 0.1) is 0 Å². The summed E-state index contributed by atoms with van der Waals surface area (Å²) in [5, 5.41) is 13.8. The Kier molecular flexibility index (Phi) is 6.52. The SMILES string of the molecule is CCCN1CNC2CC(C3CCC(C(=O)N4CCN(C(=O)C5(O)CC5)CC4)CC3)CCC21. The molecular formula is C25H42N4O3. The van der Waals surface area contributed by atoms with Crippen LogP contribution < -0.4 is 5.32 Å². The Hall–Kier alpha value is -1.18. The van der Waals surface area contributed by atoms with E-state index in [2.05, 4.69) is 17.1 Å². The molecule has 0 aromatic carbocycles. The van der Waals surface area contributed by atoms with Crippen LogP contribution in [0.4, 0.5) is 0 Å². The Bertz CT molecular complexity index is 695. The lowest BCUT2D eigenvalue weighted by molar-refractivity contribution is -0.148. The van der Waals surface area contributed by atoms with Crippen molar-refractivity contribution in [2.45, 2.75) is 88.8 Å². The monoisotopic (exact) mass is 446 g/mol.